The third-order valence-electron chi connectivity index (χ3n) is 5.55. The quantitative estimate of drug-likeness (QED) is 0.322. The molecule has 6 nitrogen and oxygen atoms in total. The zero-order valence-corrected chi connectivity index (χ0v) is 18.9. The predicted octanol–water partition coefficient (Wildman–Crippen LogP) is 5.49. The maximum absolute atomic E-state index is 13.2. The summed E-state index contributed by atoms with van der Waals surface area (Å²) in [6.45, 7) is 5.53. The Morgan fingerprint density at radius 3 is 2.47 bits per heavy atom. The molecule has 2 aromatic carbocycles. The van der Waals surface area contributed by atoms with E-state index in [1.807, 2.05) is 19.9 Å². The van der Waals surface area contributed by atoms with Gasteiger partial charge in [-0.05, 0) is 73.9 Å². The van der Waals surface area contributed by atoms with Crippen molar-refractivity contribution in [1.82, 2.24) is 0 Å². The van der Waals surface area contributed by atoms with Crippen LogP contribution in [0.25, 0.3) is 5.76 Å². The number of methoxy groups -OCH3 is 1. The van der Waals surface area contributed by atoms with Crippen LogP contribution in [0.1, 0.15) is 34.1 Å². The maximum Gasteiger partial charge on any atom is 0.300 e. The molecule has 0 aliphatic carbocycles. The van der Waals surface area contributed by atoms with Gasteiger partial charge in [0, 0.05) is 10.7 Å². The Labute approximate surface area is 190 Å². The Bertz CT molecular complexity index is 1260. The number of carbonyl (C=O) groups is 2. The highest BCUT2D eigenvalue weighted by Crippen LogP contribution is 2.45. The van der Waals surface area contributed by atoms with E-state index in [-0.39, 0.29) is 11.3 Å². The van der Waals surface area contributed by atoms with Gasteiger partial charge in [0.05, 0.1) is 24.5 Å². The molecule has 164 valence electrons. The number of aliphatic hydroxyl groups is 1. The van der Waals surface area contributed by atoms with E-state index in [2.05, 4.69) is 0 Å². The van der Waals surface area contributed by atoms with Crippen LogP contribution in [0.3, 0.4) is 0 Å². The number of ketones is 1. The highest BCUT2D eigenvalue weighted by Gasteiger charge is 2.49. The number of carbonyl (C=O) groups excluding carboxylic acids is 2. The number of Topliss-reactive ketones (excluding diaryl/α,β-unsaturated/α-hetero) is 1. The first-order valence-corrected chi connectivity index (χ1v) is 10.4. The SMILES string of the molecule is COc1c(C)cc(C)cc1/C(O)=C1/C(=O)C(=O)N(c2ccc(Cl)cc2C)C1c1ccco1. The normalized spacial score (nSPS) is 17.8. The van der Waals surface area contributed by atoms with Gasteiger partial charge >= 0.3 is 0 Å². The van der Waals surface area contributed by atoms with Crippen LogP contribution in [0.5, 0.6) is 5.75 Å². The fourth-order valence-corrected chi connectivity index (χ4v) is 4.46. The molecule has 1 amide bonds. The first kappa shape index (κ1) is 21.7. The molecule has 1 saturated heterocycles. The minimum Gasteiger partial charge on any atom is -0.507 e. The molecule has 2 heterocycles. The van der Waals surface area contributed by atoms with E-state index in [0.717, 1.165) is 11.1 Å². The van der Waals surface area contributed by atoms with Gasteiger partial charge < -0.3 is 14.3 Å². The minimum absolute atomic E-state index is 0.0670. The Morgan fingerprint density at radius 1 is 1.09 bits per heavy atom. The van der Waals surface area contributed by atoms with E-state index in [0.29, 0.717) is 33.3 Å². The number of anilines is 1. The van der Waals surface area contributed by atoms with E-state index in [4.69, 9.17) is 20.8 Å². The lowest BCUT2D eigenvalue weighted by Crippen LogP contribution is -2.29. The highest BCUT2D eigenvalue weighted by atomic mass is 35.5. The third kappa shape index (κ3) is 3.46. The van der Waals surface area contributed by atoms with Crippen LogP contribution in [-0.2, 0) is 9.59 Å². The molecule has 4 rings (SSSR count). The zero-order chi connectivity index (χ0) is 23.2. The summed E-state index contributed by atoms with van der Waals surface area (Å²) in [7, 11) is 1.49. The molecular formula is C25H22ClNO5. The van der Waals surface area contributed by atoms with Crippen molar-refractivity contribution in [3.8, 4) is 5.75 Å². The lowest BCUT2D eigenvalue weighted by molar-refractivity contribution is -0.132. The molecular weight excluding hydrogens is 430 g/mol. The highest BCUT2D eigenvalue weighted by molar-refractivity contribution is 6.51. The van der Waals surface area contributed by atoms with Crippen molar-refractivity contribution < 1.29 is 23.8 Å². The summed E-state index contributed by atoms with van der Waals surface area (Å²) in [5.74, 6) is -1.10. The molecule has 1 unspecified atom stereocenters. The average molecular weight is 452 g/mol. The Morgan fingerprint density at radius 2 is 1.84 bits per heavy atom. The van der Waals surface area contributed by atoms with Gasteiger partial charge in [0.1, 0.15) is 23.3 Å². The maximum atomic E-state index is 13.2. The van der Waals surface area contributed by atoms with Crippen molar-refractivity contribution in [3.63, 3.8) is 0 Å². The number of ether oxygens (including phenoxy) is 1. The van der Waals surface area contributed by atoms with Crippen LogP contribution in [-0.4, -0.2) is 23.9 Å². The molecule has 0 spiro atoms. The summed E-state index contributed by atoms with van der Waals surface area (Å²) in [4.78, 5) is 27.8. The van der Waals surface area contributed by atoms with Crippen LogP contribution in [0.4, 0.5) is 5.69 Å². The molecule has 0 bridgehead atoms. The second-order valence-electron chi connectivity index (χ2n) is 7.78. The van der Waals surface area contributed by atoms with Crippen molar-refractivity contribution in [3.05, 3.63) is 87.3 Å². The smallest absolute Gasteiger partial charge is 0.300 e. The standard InChI is InChI=1S/C25H22ClNO5/c1-13-10-15(3)24(31-4)17(11-13)22(28)20-21(19-6-5-9-32-19)27(25(30)23(20)29)18-8-7-16(26)12-14(18)2/h5-12,21,28H,1-4H3/b22-20-. The number of hydrogen-bond acceptors (Lipinski definition) is 5. The van der Waals surface area contributed by atoms with Gasteiger partial charge in [0.15, 0.2) is 0 Å². The van der Waals surface area contributed by atoms with Crippen molar-refractivity contribution in [2.45, 2.75) is 26.8 Å². The van der Waals surface area contributed by atoms with Crippen LogP contribution in [0.2, 0.25) is 5.02 Å². The number of halogens is 1. The summed E-state index contributed by atoms with van der Waals surface area (Å²) in [5, 5.41) is 11.9. The molecule has 0 saturated carbocycles. The van der Waals surface area contributed by atoms with Crippen LogP contribution in [0, 0.1) is 20.8 Å². The van der Waals surface area contributed by atoms with Crippen LogP contribution >= 0.6 is 11.6 Å². The number of benzene rings is 2. The number of rotatable bonds is 4. The van der Waals surface area contributed by atoms with Gasteiger partial charge in [-0.2, -0.15) is 0 Å². The lowest BCUT2D eigenvalue weighted by atomic mass is 9.96. The van der Waals surface area contributed by atoms with Gasteiger partial charge in [-0.25, -0.2) is 0 Å². The zero-order valence-electron chi connectivity index (χ0n) is 18.1. The van der Waals surface area contributed by atoms with E-state index in [9.17, 15) is 14.7 Å². The molecule has 32 heavy (non-hydrogen) atoms. The Balaban J connectivity index is 2.00. The molecule has 0 radical (unpaired) electrons. The van der Waals surface area contributed by atoms with Crippen molar-refractivity contribution >= 4 is 34.7 Å². The monoisotopic (exact) mass is 451 g/mol. The topological polar surface area (TPSA) is 80.0 Å². The average Bonchev–Trinajstić information content (AvgIpc) is 3.35. The molecule has 3 aromatic rings. The fourth-order valence-electron chi connectivity index (χ4n) is 4.23. The number of amides is 1. The van der Waals surface area contributed by atoms with Crippen molar-refractivity contribution in [1.29, 1.82) is 0 Å². The number of aliphatic hydroxyl groups excluding tert-OH is 1. The third-order valence-corrected chi connectivity index (χ3v) is 5.79. The molecule has 1 N–H and O–H groups in total. The molecule has 1 atom stereocenters. The fraction of sp³-hybridized carbons (Fsp3) is 0.200. The molecule has 1 aromatic heterocycles. The van der Waals surface area contributed by atoms with E-state index < -0.39 is 17.7 Å². The predicted molar refractivity (Wildman–Crippen MR) is 122 cm³/mol. The van der Waals surface area contributed by atoms with Crippen molar-refractivity contribution in [2.75, 3.05) is 12.0 Å². The van der Waals surface area contributed by atoms with Gasteiger partial charge in [0.25, 0.3) is 11.7 Å². The molecule has 1 aliphatic rings. The Hall–Kier alpha value is -3.51. The first-order valence-electron chi connectivity index (χ1n) is 10.0. The van der Waals surface area contributed by atoms with Gasteiger partial charge in [0.2, 0.25) is 0 Å². The van der Waals surface area contributed by atoms with Crippen molar-refractivity contribution in [2.24, 2.45) is 0 Å². The molecule has 1 aliphatic heterocycles. The van der Waals surface area contributed by atoms with Gasteiger partial charge in [-0.1, -0.05) is 17.7 Å². The summed E-state index contributed by atoms with van der Waals surface area (Å²) >= 11 is 6.09. The van der Waals surface area contributed by atoms with Gasteiger partial charge in [-0.15, -0.1) is 0 Å². The van der Waals surface area contributed by atoms with E-state index in [1.54, 1.807) is 43.3 Å². The molecule has 1 fully saturated rings. The largest absolute Gasteiger partial charge is 0.507 e. The second kappa shape index (κ2) is 8.20. The van der Waals surface area contributed by atoms with Gasteiger partial charge in [-0.3, -0.25) is 14.5 Å². The number of nitrogens with zero attached hydrogens (tertiary/aromatic N) is 1. The van der Waals surface area contributed by atoms with Crippen LogP contribution in [0.15, 0.2) is 58.7 Å². The lowest BCUT2D eigenvalue weighted by Gasteiger charge is -2.25. The first-order chi connectivity index (χ1) is 15.2. The minimum atomic E-state index is -0.949. The van der Waals surface area contributed by atoms with E-state index >= 15 is 0 Å². The molecule has 7 heteroatoms. The Kier molecular flexibility index (Phi) is 5.57. The number of furan rings is 1. The number of hydrogen-bond donors (Lipinski definition) is 1. The van der Waals surface area contributed by atoms with E-state index in [1.165, 1.54) is 18.3 Å². The van der Waals surface area contributed by atoms with Crippen LogP contribution < -0.4 is 9.64 Å². The summed E-state index contributed by atoms with van der Waals surface area (Å²) in [5.41, 5.74) is 3.16. The summed E-state index contributed by atoms with van der Waals surface area (Å²) in [6.07, 6.45) is 1.46. The summed E-state index contributed by atoms with van der Waals surface area (Å²) < 4.78 is 11.1. The summed E-state index contributed by atoms with van der Waals surface area (Å²) in [6, 6.07) is 11.1. The second-order valence-corrected chi connectivity index (χ2v) is 8.21. The number of aryl methyl sites for hydroxylation is 3.